The molecule has 0 saturated carbocycles. The standard InChI is InChI=1S/C16H17N5O/c1-11-19-20-15-8-14(5-6-21(11)15)16(22)18-10-13-4-2-3-12(7-13)9-17/h2-8H,9-10,17H2,1H3,(H,18,22). The average molecular weight is 295 g/mol. The van der Waals surface area contributed by atoms with Gasteiger partial charge in [0.05, 0.1) is 0 Å². The van der Waals surface area contributed by atoms with Gasteiger partial charge in [-0.15, -0.1) is 10.2 Å². The van der Waals surface area contributed by atoms with Crippen LogP contribution in [0.1, 0.15) is 27.3 Å². The van der Waals surface area contributed by atoms with E-state index in [0.717, 1.165) is 17.0 Å². The number of fused-ring (bicyclic) bond motifs is 1. The molecular formula is C16H17N5O. The first-order chi connectivity index (χ1) is 10.7. The molecule has 6 nitrogen and oxygen atoms in total. The highest BCUT2D eigenvalue weighted by molar-refractivity contribution is 5.94. The van der Waals surface area contributed by atoms with Gasteiger partial charge in [0.2, 0.25) is 0 Å². The van der Waals surface area contributed by atoms with Crippen molar-refractivity contribution in [1.29, 1.82) is 0 Å². The van der Waals surface area contributed by atoms with Crippen molar-refractivity contribution in [2.75, 3.05) is 0 Å². The van der Waals surface area contributed by atoms with Gasteiger partial charge in [0.1, 0.15) is 5.82 Å². The number of hydrogen-bond donors (Lipinski definition) is 2. The van der Waals surface area contributed by atoms with Gasteiger partial charge in [-0.05, 0) is 30.2 Å². The summed E-state index contributed by atoms with van der Waals surface area (Å²) in [5.41, 5.74) is 8.92. The summed E-state index contributed by atoms with van der Waals surface area (Å²) in [6.45, 7) is 2.82. The Balaban J connectivity index is 1.72. The van der Waals surface area contributed by atoms with Crippen LogP contribution in [0.15, 0.2) is 42.6 Å². The predicted molar refractivity (Wildman–Crippen MR) is 83.2 cm³/mol. The maximum atomic E-state index is 12.2. The summed E-state index contributed by atoms with van der Waals surface area (Å²) in [5.74, 6) is 0.655. The molecule has 1 aromatic carbocycles. The largest absolute Gasteiger partial charge is 0.348 e. The van der Waals surface area contributed by atoms with Crippen molar-refractivity contribution >= 4 is 11.6 Å². The van der Waals surface area contributed by atoms with Crippen LogP contribution in [-0.4, -0.2) is 20.5 Å². The van der Waals surface area contributed by atoms with Crippen LogP contribution in [0.25, 0.3) is 5.65 Å². The van der Waals surface area contributed by atoms with Crippen LogP contribution in [0.5, 0.6) is 0 Å². The zero-order valence-electron chi connectivity index (χ0n) is 12.3. The lowest BCUT2D eigenvalue weighted by Crippen LogP contribution is -2.23. The highest BCUT2D eigenvalue weighted by atomic mass is 16.1. The summed E-state index contributed by atoms with van der Waals surface area (Å²) in [6.07, 6.45) is 1.80. The molecule has 0 bridgehead atoms. The molecule has 0 aliphatic heterocycles. The number of carbonyl (C=O) groups is 1. The zero-order chi connectivity index (χ0) is 15.5. The number of amides is 1. The number of aryl methyl sites for hydroxylation is 1. The summed E-state index contributed by atoms with van der Waals surface area (Å²) in [4.78, 5) is 12.2. The van der Waals surface area contributed by atoms with E-state index in [4.69, 9.17) is 5.73 Å². The monoisotopic (exact) mass is 295 g/mol. The number of rotatable bonds is 4. The van der Waals surface area contributed by atoms with Crippen LogP contribution in [0.2, 0.25) is 0 Å². The molecule has 2 aromatic heterocycles. The van der Waals surface area contributed by atoms with Crippen LogP contribution in [0, 0.1) is 6.92 Å². The van der Waals surface area contributed by atoms with E-state index in [0.29, 0.717) is 24.3 Å². The van der Waals surface area contributed by atoms with Gasteiger partial charge >= 0.3 is 0 Å². The third kappa shape index (κ3) is 2.82. The van der Waals surface area contributed by atoms with Gasteiger partial charge in [0, 0.05) is 24.8 Å². The van der Waals surface area contributed by atoms with Crippen LogP contribution in [0.3, 0.4) is 0 Å². The van der Waals surface area contributed by atoms with Crippen molar-refractivity contribution in [1.82, 2.24) is 19.9 Å². The molecule has 0 aliphatic carbocycles. The van der Waals surface area contributed by atoms with Crippen molar-refractivity contribution in [2.45, 2.75) is 20.0 Å². The molecule has 22 heavy (non-hydrogen) atoms. The van der Waals surface area contributed by atoms with E-state index in [1.165, 1.54) is 0 Å². The number of pyridine rings is 1. The summed E-state index contributed by atoms with van der Waals surface area (Å²) >= 11 is 0. The fraction of sp³-hybridized carbons (Fsp3) is 0.188. The van der Waals surface area contributed by atoms with E-state index >= 15 is 0 Å². The van der Waals surface area contributed by atoms with Crippen LogP contribution in [0.4, 0.5) is 0 Å². The second-order valence-electron chi connectivity index (χ2n) is 5.10. The number of benzene rings is 1. The topological polar surface area (TPSA) is 85.3 Å². The SMILES string of the molecule is Cc1nnc2cc(C(=O)NCc3cccc(CN)c3)ccn12. The first-order valence-electron chi connectivity index (χ1n) is 7.05. The quantitative estimate of drug-likeness (QED) is 0.762. The first kappa shape index (κ1) is 14.2. The van der Waals surface area contributed by atoms with E-state index in [2.05, 4.69) is 15.5 Å². The summed E-state index contributed by atoms with van der Waals surface area (Å²) in [7, 11) is 0. The fourth-order valence-electron chi connectivity index (χ4n) is 2.30. The van der Waals surface area contributed by atoms with Crippen molar-refractivity contribution in [3.8, 4) is 0 Å². The molecule has 112 valence electrons. The van der Waals surface area contributed by atoms with Crippen molar-refractivity contribution < 1.29 is 4.79 Å². The maximum absolute atomic E-state index is 12.2. The molecule has 1 amide bonds. The van der Waals surface area contributed by atoms with E-state index in [9.17, 15) is 4.79 Å². The smallest absolute Gasteiger partial charge is 0.251 e. The lowest BCUT2D eigenvalue weighted by Gasteiger charge is -2.07. The number of nitrogens with two attached hydrogens (primary N) is 1. The molecule has 3 N–H and O–H groups in total. The molecule has 6 heteroatoms. The first-order valence-corrected chi connectivity index (χ1v) is 7.05. The molecule has 0 spiro atoms. The van der Waals surface area contributed by atoms with Crippen molar-refractivity contribution in [3.05, 3.63) is 65.1 Å². The highest BCUT2D eigenvalue weighted by Gasteiger charge is 2.08. The van der Waals surface area contributed by atoms with Gasteiger partial charge < -0.3 is 11.1 Å². The van der Waals surface area contributed by atoms with Gasteiger partial charge in [0.15, 0.2) is 5.65 Å². The Bertz CT molecular complexity index is 824. The predicted octanol–water partition coefficient (Wildman–Crippen LogP) is 1.43. The van der Waals surface area contributed by atoms with Crippen molar-refractivity contribution in [2.24, 2.45) is 5.73 Å². The average Bonchev–Trinajstić information content (AvgIpc) is 2.93. The molecule has 2 heterocycles. The Kier molecular flexibility index (Phi) is 3.84. The number of carbonyl (C=O) groups excluding carboxylic acids is 1. The Morgan fingerprint density at radius 3 is 2.86 bits per heavy atom. The second kappa shape index (κ2) is 5.95. The molecule has 0 saturated heterocycles. The van der Waals surface area contributed by atoms with Gasteiger partial charge in [-0.3, -0.25) is 9.20 Å². The lowest BCUT2D eigenvalue weighted by molar-refractivity contribution is 0.0951. The Morgan fingerprint density at radius 1 is 1.23 bits per heavy atom. The fourth-order valence-corrected chi connectivity index (χ4v) is 2.30. The van der Waals surface area contributed by atoms with E-state index in [1.54, 1.807) is 18.3 Å². The van der Waals surface area contributed by atoms with Crippen LogP contribution in [-0.2, 0) is 13.1 Å². The molecule has 0 unspecified atom stereocenters. The second-order valence-corrected chi connectivity index (χ2v) is 5.10. The third-order valence-electron chi connectivity index (χ3n) is 3.52. The Hall–Kier alpha value is -2.73. The molecular weight excluding hydrogens is 278 g/mol. The maximum Gasteiger partial charge on any atom is 0.251 e. The molecule has 3 rings (SSSR count). The van der Waals surface area contributed by atoms with Crippen LogP contribution >= 0.6 is 0 Å². The van der Waals surface area contributed by atoms with Crippen molar-refractivity contribution in [3.63, 3.8) is 0 Å². The molecule has 0 aliphatic rings. The minimum atomic E-state index is -0.138. The number of nitrogens with one attached hydrogen (secondary N) is 1. The van der Waals surface area contributed by atoms with Gasteiger partial charge in [-0.1, -0.05) is 24.3 Å². The number of nitrogens with zero attached hydrogens (tertiary/aromatic N) is 3. The number of hydrogen-bond acceptors (Lipinski definition) is 4. The van der Waals surface area contributed by atoms with E-state index in [-0.39, 0.29) is 5.91 Å². The summed E-state index contributed by atoms with van der Waals surface area (Å²) < 4.78 is 1.83. The van der Waals surface area contributed by atoms with Gasteiger partial charge in [-0.2, -0.15) is 0 Å². The Labute approximate surface area is 128 Å². The van der Waals surface area contributed by atoms with Gasteiger partial charge in [-0.25, -0.2) is 0 Å². The molecule has 3 aromatic rings. The summed E-state index contributed by atoms with van der Waals surface area (Å²) in [6, 6.07) is 11.3. The highest BCUT2D eigenvalue weighted by Crippen LogP contribution is 2.08. The number of aromatic nitrogens is 3. The zero-order valence-corrected chi connectivity index (χ0v) is 12.3. The molecule has 0 radical (unpaired) electrons. The molecule has 0 atom stereocenters. The van der Waals surface area contributed by atoms with E-state index in [1.807, 2.05) is 35.6 Å². The normalized spacial score (nSPS) is 10.8. The molecule has 0 fully saturated rings. The summed E-state index contributed by atoms with van der Waals surface area (Å²) in [5, 5.41) is 10.9. The lowest BCUT2D eigenvalue weighted by atomic mass is 10.1. The third-order valence-corrected chi connectivity index (χ3v) is 3.52. The van der Waals surface area contributed by atoms with E-state index < -0.39 is 0 Å². The minimum absolute atomic E-state index is 0.138. The Morgan fingerprint density at radius 2 is 2.05 bits per heavy atom. The minimum Gasteiger partial charge on any atom is -0.348 e. The van der Waals surface area contributed by atoms with Crippen LogP contribution < -0.4 is 11.1 Å². The van der Waals surface area contributed by atoms with Gasteiger partial charge in [0.25, 0.3) is 5.91 Å².